The first-order chi connectivity index (χ1) is 5.27. The summed E-state index contributed by atoms with van der Waals surface area (Å²) in [5.41, 5.74) is 1.90. The molecule has 4 heteroatoms. The van der Waals surface area contributed by atoms with Gasteiger partial charge in [-0.25, -0.2) is 5.84 Å². The molecule has 3 N–H and O–H groups in total. The van der Waals surface area contributed by atoms with E-state index in [0.717, 1.165) is 12.1 Å². The van der Waals surface area contributed by atoms with E-state index in [9.17, 15) is 0 Å². The molecule has 1 aromatic rings. The molecule has 0 bridgehead atoms. The van der Waals surface area contributed by atoms with Gasteiger partial charge < -0.3 is 17.5 Å². The third kappa shape index (κ3) is 2.36. The number of nitrogens with two attached hydrogens (primary N) is 1. The van der Waals surface area contributed by atoms with Gasteiger partial charge in [-0.3, -0.25) is 0 Å². The fourth-order valence-electron chi connectivity index (χ4n) is 0.937. The van der Waals surface area contributed by atoms with Crippen molar-refractivity contribution in [1.29, 1.82) is 0 Å². The van der Waals surface area contributed by atoms with Gasteiger partial charge in [0.25, 0.3) is 0 Å². The van der Waals surface area contributed by atoms with E-state index in [1.165, 1.54) is 10.2 Å². The molecule has 12 heavy (non-hydrogen) atoms. The summed E-state index contributed by atoms with van der Waals surface area (Å²) in [5.74, 6) is 5.56. The van der Waals surface area contributed by atoms with Gasteiger partial charge in [-0.2, -0.15) is 0 Å². The zero-order valence-electron chi connectivity index (χ0n) is 7.00. The number of nitrogen functional groups attached to an aromatic ring is 1. The van der Waals surface area contributed by atoms with Crippen LogP contribution < -0.4 is 22.9 Å². The Morgan fingerprint density at radius 3 is 2.58 bits per heavy atom. The molecule has 0 spiro atoms. The summed E-state index contributed by atoms with van der Waals surface area (Å²) in [6.45, 7) is 2.05. The molecule has 0 saturated heterocycles. The lowest BCUT2D eigenvalue weighted by atomic mass is 10.2. The maximum absolute atomic E-state index is 8.78. The molecule has 0 radical (unpaired) electrons. The highest BCUT2D eigenvalue weighted by Gasteiger charge is 2.05. The van der Waals surface area contributed by atoms with Crippen molar-refractivity contribution < 1.29 is 22.2 Å². The fourth-order valence-corrected chi connectivity index (χ4v) is 0.937. The van der Waals surface area contributed by atoms with Crippen molar-refractivity contribution in [3.05, 3.63) is 29.6 Å². The van der Waals surface area contributed by atoms with E-state index in [0.29, 0.717) is 0 Å². The van der Waals surface area contributed by atoms with Gasteiger partial charge in [0.1, 0.15) is 6.61 Å². The highest BCUT2D eigenvalue weighted by Crippen LogP contribution is 1.97. The van der Waals surface area contributed by atoms with E-state index in [1.807, 2.05) is 18.3 Å². The Morgan fingerprint density at radius 2 is 2.17 bits per heavy atom. The van der Waals surface area contributed by atoms with Crippen LogP contribution in [0, 0.1) is 0 Å². The van der Waals surface area contributed by atoms with Crippen molar-refractivity contribution in [1.82, 2.24) is 0 Å². The van der Waals surface area contributed by atoms with Gasteiger partial charge in [-0.15, -0.1) is 0 Å². The smallest absolute Gasteiger partial charge is 0.236 e. The second-order valence-electron chi connectivity index (χ2n) is 2.45. The molecule has 0 saturated carbocycles. The van der Waals surface area contributed by atoms with E-state index < -0.39 is 0 Å². The minimum absolute atomic E-state index is 0. The van der Waals surface area contributed by atoms with Gasteiger partial charge in [-0.1, -0.05) is 11.6 Å². The summed E-state index contributed by atoms with van der Waals surface area (Å²) in [6, 6.07) is 3.80. The van der Waals surface area contributed by atoms with Gasteiger partial charge in [0.15, 0.2) is 0 Å². The summed E-state index contributed by atoms with van der Waals surface area (Å²) >= 11 is 0. The number of hydrogen-bond acceptors (Lipinski definition) is 2. The van der Waals surface area contributed by atoms with Crippen LogP contribution in [0.3, 0.4) is 0 Å². The molecule has 0 aliphatic carbocycles. The number of pyridine rings is 1. The highest BCUT2D eigenvalue weighted by atomic mass is 35.5. The molecule has 0 aromatic carbocycles. The number of rotatable bonds is 2. The molecule has 0 unspecified atom stereocenters. The minimum Gasteiger partial charge on any atom is -1.00 e. The lowest BCUT2D eigenvalue weighted by Gasteiger charge is -1.96. The molecular formula is C8H13ClN2O. The van der Waals surface area contributed by atoms with Gasteiger partial charge in [0.05, 0.1) is 0 Å². The van der Waals surface area contributed by atoms with Crippen LogP contribution in [-0.2, 0) is 13.0 Å². The molecule has 0 aliphatic rings. The number of hydrogen-bond donors (Lipinski definition) is 2. The van der Waals surface area contributed by atoms with Crippen molar-refractivity contribution in [3.63, 3.8) is 0 Å². The molecule has 0 aliphatic heterocycles. The topological polar surface area (TPSA) is 50.1 Å². The number of nitrogens with zero attached hydrogens (tertiary/aromatic N) is 1. The van der Waals surface area contributed by atoms with Crippen molar-refractivity contribution in [2.24, 2.45) is 0 Å². The average molecular weight is 189 g/mol. The third-order valence-corrected chi connectivity index (χ3v) is 1.70. The zero-order valence-corrected chi connectivity index (χ0v) is 7.75. The summed E-state index contributed by atoms with van der Waals surface area (Å²) in [4.78, 5) is 0. The monoisotopic (exact) mass is 188 g/mol. The van der Waals surface area contributed by atoms with Gasteiger partial charge in [-0.05, 0) is 12.5 Å². The van der Waals surface area contributed by atoms with Crippen LogP contribution in [0.25, 0.3) is 0 Å². The molecule has 0 amide bonds. The van der Waals surface area contributed by atoms with E-state index >= 15 is 0 Å². The van der Waals surface area contributed by atoms with Crippen molar-refractivity contribution >= 4 is 0 Å². The Labute approximate surface area is 78.2 Å². The first kappa shape index (κ1) is 11.2. The summed E-state index contributed by atoms with van der Waals surface area (Å²) < 4.78 is 1.46. The first-order valence-corrected chi connectivity index (χ1v) is 3.67. The molecule has 0 atom stereocenters. The maximum atomic E-state index is 8.78. The molecule has 1 heterocycles. The molecule has 1 aromatic heterocycles. The largest absolute Gasteiger partial charge is 1.00 e. The number of halogens is 1. The van der Waals surface area contributed by atoms with Crippen LogP contribution in [-0.4, -0.2) is 5.11 Å². The van der Waals surface area contributed by atoms with Crippen molar-refractivity contribution in [2.75, 3.05) is 5.84 Å². The van der Waals surface area contributed by atoms with Gasteiger partial charge in [0, 0.05) is 11.6 Å². The van der Waals surface area contributed by atoms with Crippen LogP contribution >= 0.6 is 0 Å². The van der Waals surface area contributed by atoms with Crippen LogP contribution in [0.15, 0.2) is 18.3 Å². The van der Waals surface area contributed by atoms with Crippen LogP contribution in [0.1, 0.15) is 18.2 Å². The molecule has 0 fully saturated rings. The predicted molar refractivity (Wildman–Crippen MR) is 42.1 cm³/mol. The lowest BCUT2D eigenvalue weighted by molar-refractivity contribution is -0.649. The Hall–Kier alpha value is -0.800. The number of aromatic nitrogens is 1. The Bertz CT molecular complexity index is 253. The van der Waals surface area contributed by atoms with Gasteiger partial charge >= 0.3 is 0 Å². The van der Waals surface area contributed by atoms with E-state index in [-0.39, 0.29) is 19.0 Å². The predicted octanol–water partition coefficient (Wildman–Crippen LogP) is -3.25. The normalized spacial score (nSPS) is 9.17. The lowest BCUT2D eigenvalue weighted by Crippen LogP contribution is -3.00. The van der Waals surface area contributed by atoms with E-state index in [2.05, 4.69) is 6.92 Å². The van der Waals surface area contributed by atoms with Crippen LogP contribution in [0.4, 0.5) is 0 Å². The van der Waals surface area contributed by atoms with Crippen LogP contribution in [0.2, 0.25) is 0 Å². The van der Waals surface area contributed by atoms with Gasteiger partial charge in [0.2, 0.25) is 11.9 Å². The molecule has 3 nitrogen and oxygen atoms in total. The number of aryl methyl sites for hydroxylation is 1. The van der Waals surface area contributed by atoms with Crippen molar-refractivity contribution in [3.8, 4) is 0 Å². The molecule has 68 valence electrons. The first-order valence-electron chi connectivity index (χ1n) is 3.67. The standard InChI is InChI=1S/C8H13N2O.ClH/c1-2-7-3-4-8(6-11)10(9)5-7;/h3-5,11H,2,6,9H2,1H3;1H/q+1;/p-1. The molecular weight excluding hydrogens is 176 g/mol. The number of aliphatic hydroxyl groups is 1. The SMILES string of the molecule is CCc1ccc(CO)[n+](N)c1.[Cl-]. The second-order valence-corrected chi connectivity index (χ2v) is 2.45. The Balaban J connectivity index is 0.00000121. The fraction of sp³-hybridized carbons (Fsp3) is 0.375. The quantitative estimate of drug-likeness (QED) is 0.379. The Morgan fingerprint density at radius 1 is 1.50 bits per heavy atom. The number of aliphatic hydroxyl groups excluding tert-OH is 1. The maximum Gasteiger partial charge on any atom is 0.236 e. The molecule has 1 rings (SSSR count). The zero-order chi connectivity index (χ0) is 8.27. The van der Waals surface area contributed by atoms with E-state index in [1.54, 1.807) is 0 Å². The van der Waals surface area contributed by atoms with E-state index in [4.69, 9.17) is 10.9 Å². The summed E-state index contributed by atoms with van der Waals surface area (Å²) in [5, 5.41) is 8.78. The van der Waals surface area contributed by atoms with Crippen LogP contribution in [0.5, 0.6) is 0 Å². The second kappa shape index (κ2) is 4.95. The summed E-state index contributed by atoms with van der Waals surface area (Å²) in [7, 11) is 0. The minimum atomic E-state index is -0.0134. The highest BCUT2D eigenvalue weighted by molar-refractivity contribution is 5.08. The summed E-state index contributed by atoms with van der Waals surface area (Å²) in [6.07, 6.45) is 2.79. The average Bonchev–Trinajstić information content (AvgIpc) is 2.04. The third-order valence-electron chi connectivity index (χ3n) is 1.70. The van der Waals surface area contributed by atoms with Crippen molar-refractivity contribution in [2.45, 2.75) is 20.0 Å². The Kier molecular flexibility index (Phi) is 4.62.